The van der Waals surface area contributed by atoms with E-state index in [4.69, 9.17) is 4.52 Å². The van der Waals surface area contributed by atoms with E-state index >= 15 is 0 Å². The number of hydrogen-bond donors (Lipinski definition) is 2. The Labute approximate surface area is 94.6 Å². The highest BCUT2D eigenvalue weighted by Crippen LogP contribution is 2.27. The number of aryl methyl sites for hydroxylation is 1. The van der Waals surface area contributed by atoms with E-state index in [-0.39, 0.29) is 5.91 Å². The zero-order valence-electron chi connectivity index (χ0n) is 9.67. The Hall–Kier alpha value is -1.36. The standard InChI is InChI=1S/C11H17N3O2/c1-7-8(2)14-16-11(7)13-10(15)6-12-5-9-3-4-9/h9,12H,3-6H2,1-2H3,(H,13,15). The van der Waals surface area contributed by atoms with Gasteiger partial charge in [-0.3, -0.25) is 10.1 Å². The molecule has 1 fully saturated rings. The van der Waals surface area contributed by atoms with Crippen LogP contribution in [0, 0.1) is 19.8 Å². The van der Waals surface area contributed by atoms with Gasteiger partial charge < -0.3 is 9.84 Å². The summed E-state index contributed by atoms with van der Waals surface area (Å²) in [5.41, 5.74) is 1.69. The Bertz CT molecular complexity index is 383. The van der Waals surface area contributed by atoms with Crippen molar-refractivity contribution in [3.8, 4) is 0 Å². The van der Waals surface area contributed by atoms with Crippen molar-refractivity contribution >= 4 is 11.8 Å². The molecular formula is C11H17N3O2. The van der Waals surface area contributed by atoms with E-state index in [0.717, 1.165) is 23.7 Å². The van der Waals surface area contributed by atoms with Gasteiger partial charge >= 0.3 is 0 Å². The van der Waals surface area contributed by atoms with Gasteiger partial charge in [0.2, 0.25) is 11.8 Å². The molecule has 5 heteroatoms. The third kappa shape index (κ3) is 2.82. The molecule has 16 heavy (non-hydrogen) atoms. The van der Waals surface area contributed by atoms with Crippen molar-refractivity contribution < 1.29 is 9.32 Å². The van der Waals surface area contributed by atoms with Crippen molar-refractivity contribution in [3.05, 3.63) is 11.3 Å². The summed E-state index contributed by atoms with van der Waals surface area (Å²) >= 11 is 0. The predicted molar refractivity (Wildman–Crippen MR) is 60.2 cm³/mol. The molecular weight excluding hydrogens is 206 g/mol. The Morgan fingerprint density at radius 2 is 2.25 bits per heavy atom. The molecule has 1 aromatic rings. The Kier molecular flexibility index (Phi) is 3.24. The zero-order valence-corrected chi connectivity index (χ0v) is 9.67. The molecule has 1 heterocycles. The molecule has 0 bridgehead atoms. The van der Waals surface area contributed by atoms with Crippen LogP contribution in [0.1, 0.15) is 24.1 Å². The second kappa shape index (κ2) is 4.65. The molecule has 0 unspecified atom stereocenters. The maximum atomic E-state index is 11.5. The molecule has 0 spiro atoms. The lowest BCUT2D eigenvalue weighted by Gasteiger charge is -2.03. The van der Waals surface area contributed by atoms with Crippen molar-refractivity contribution in [3.63, 3.8) is 0 Å². The number of amides is 1. The summed E-state index contributed by atoms with van der Waals surface area (Å²) < 4.78 is 5.00. The molecule has 0 atom stereocenters. The lowest BCUT2D eigenvalue weighted by atomic mass is 10.3. The van der Waals surface area contributed by atoms with Crippen LogP contribution in [0.3, 0.4) is 0 Å². The van der Waals surface area contributed by atoms with Gasteiger partial charge in [0.1, 0.15) is 0 Å². The van der Waals surface area contributed by atoms with Crippen LogP contribution in [0.15, 0.2) is 4.52 Å². The molecule has 0 radical (unpaired) electrons. The summed E-state index contributed by atoms with van der Waals surface area (Å²) in [5.74, 6) is 1.15. The number of carbonyl (C=O) groups excluding carboxylic acids is 1. The molecule has 5 nitrogen and oxygen atoms in total. The number of hydrogen-bond acceptors (Lipinski definition) is 4. The van der Waals surface area contributed by atoms with Gasteiger partial charge in [-0.25, -0.2) is 0 Å². The highest BCUT2D eigenvalue weighted by Gasteiger charge is 2.20. The van der Waals surface area contributed by atoms with Gasteiger partial charge in [0.15, 0.2) is 0 Å². The van der Waals surface area contributed by atoms with Gasteiger partial charge in [-0.1, -0.05) is 5.16 Å². The lowest BCUT2D eigenvalue weighted by molar-refractivity contribution is -0.115. The van der Waals surface area contributed by atoms with E-state index in [1.54, 1.807) is 0 Å². The van der Waals surface area contributed by atoms with Crippen molar-refractivity contribution in [2.45, 2.75) is 26.7 Å². The fraction of sp³-hybridized carbons (Fsp3) is 0.636. The maximum Gasteiger partial charge on any atom is 0.240 e. The first kappa shape index (κ1) is 11.1. The van der Waals surface area contributed by atoms with E-state index in [1.165, 1.54) is 12.8 Å². The van der Waals surface area contributed by atoms with Crippen molar-refractivity contribution in [1.82, 2.24) is 10.5 Å². The van der Waals surface area contributed by atoms with Gasteiger partial charge in [0, 0.05) is 5.56 Å². The first-order chi connectivity index (χ1) is 7.66. The monoisotopic (exact) mass is 223 g/mol. The van der Waals surface area contributed by atoms with Gasteiger partial charge in [-0.05, 0) is 39.2 Å². The van der Waals surface area contributed by atoms with Crippen molar-refractivity contribution in [1.29, 1.82) is 0 Å². The van der Waals surface area contributed by atoms with Gasteiger partial charge in [-0.2, -0.15) is 0 Å². The van der Waals surface area contributed by atoms with E-state index < -0.39 is 0 Å². The number of rotatable bonds is 5. The fourth-order valence-corrected chi connectivity index (χ4v) is 1.41. The maximum absolute atomic E-state index is 11.5. The minimum atomic E-state index is -0.0834. The van der Waals surface area contributed by atoms with E-state index in [2.05, 4.69) is 15.8 Å². The summed E-state index contributed by atoms with van der Waals surface area (Å²) in [5, 5.41) is 9.59. The number of anilines is 1. The van der Waals surface area contributed by atoms with Crippen LogP contribution < -0.4 is 10.6 Å². The minimum absolute atomic E-state index is 0.0834. The molecule has 2 N–H and O–H groups in total. The lowest BCUT2D eigenvalue weighted by Crippen LogP contribution is -2.29. The summed E-state index contributed by atoms with van der Waals surface area (Å²) in [6.45, 7) is 4.98. The van der Waals surface area contributed by atoms with Crippen LogP contribution in [-0.2, 0) is 4.79 Å². The van der Waals surface area contributed by atoms with Crippen LogP contribution in [0.25, 0.3) is 0 Å². The average molecular weight is 223 g/mol. The highest BCUT2D eigenvalue weighted by atomic mass is 16.5. The number of carbonyl (C=O) groups is 1. The fourth-order valence-electron chi connectivity index (χ4n) is 1.41. The number of nitrogens with zero attached hydrogens (tertiary/aromatic N) is 1. The van der Waals surface area contributed by atoms with Crippen LogP contribution in [0.2, 0.25) is 0 Å². The molecule has 1 amide bonds. The van der Waals surface area contributed by atoms with E-state index in [0.29, 0.717) is 12.4 Å². The summed E-state index contributed by atoms with van der Waals surface area (Å²) in [7, 11) is 0. The normalized spacial score (nSPS) is 15.1. The number of aromatic nitrogens is 1. The largest absolute Gasteiger partial charge is 0.338 e. The quantitative estimate of drug-likeness (QED) is 0.787. The van der Waals surface area contributed by atoms with Gasteiger partial charge in [0.05, 0.1) is 12.2 Å². The molecule has 1 aliphatic rings. The SMILES string of the molecule is Cc1noc(NC(=O)CNCC2CC2)c1C. The molecule has 1 aromatic heterocycles. The topological polar surface area (TPSA) is 67.2 Å². The van der Waals surface area contributed by atoms with Crippen LogP contribution in [0.5, 0.6) is 0 Å². The molecule has 88 valence electrons. The summed E-state index contributed by atoms with van der Waals surface area (Å²) in [4.78, 5) is 11.5. The Morgan fingerprint density at radius 3 is 2.81 bits per heavy atom. The van der Waals surface area contributed by atoms with Crippen LogP contribution in [0.4, 0.5) is 5.88 Å². The van der Waals surface area contributed by atoms with E-state index in [9.17, 15) is 4.79 Å². The first-order valence-corrected chi connectivity index (χ1v) is 5.60. The third-order valence-corrected chi connectivity index (χ3v) is 2.83. The second-order valence-corrected chi connectivity index (χ2v) is 4.34. The van der Waals surface area contributed by atoms with Gasteiger partial charge in [0.25, 0.3) is 0 Å². The predicted octanol–water partition coefficient (Wildman–Crippen LogP) is 1.23. The summed E-state index contributed by atoms with van der Waals surface area (Å²) in [6.07, 6.45) is 2.57. The molecule has 0 saturated heterocycles. The minimum Gasteiger partial charge on any atom is -0.338 e. The Balaban J connectivity index is 1.75. The van der Waals surface area contributed by atoms with Crippen LogP contribution in [-0.4, -0.2) is 24.2 Å². The smallest absolute Gasteiger partial charge is 0.240 e. The molecule has 1 aliphatic carbocycles. The highest BCUT2D eigenvalue weighted by molar-refractivity contribution is 5.91. The molecule has 2 rings (SSSR count). The second-order valence-electron chi connectivity index (χ2n) is 4.34. The Morgan fingerprint density at radius 1 is 1.50 bits per heavy atom. The van der Waals surface area contributed by atoms with Crippen molar-refractivity contribution in [2.24, 2.45) is 5.92 Å². The number of nitrogens with one attached hydrogen (secondary N) is 2. The average Bonchev–Trinajstić information content (AvgIpc) is 3.01. The van der Waals surface area contributed by atoms with Crippen molar-refractivity contribution in [2.75, 3.05) is 18.4 Å². The van der Waals surface area contributed by atoms with Crippen LogP contribution >= 0.6 is 0 Å². The third-order valence-electron chi connectivity index (χ3n) is 2.83. The molecule has 0 aliphatic heterocycles. The molecule has 0 aromatic carbocycles. The summed E-state index contributed by atoms with van der Waals surface area (Å²) in [6, 6.07) is 0. The molecule has 1 saturated carbocycles. The first-order valence-electron chi connectivity index (χ1n) is 5.60. The van der Waals surface area contributed by atoms with Gasteiger partial charge in [-0.15, -0.1) is 0 Å². The zero-order chi connectivity index (χ0) is 11.5. The van der Waals surface area contributed by atoms with E-state index in [1.807, 2.05) is 13.8 Å².